The van der Waals surface area contributed by atoms with Crippen molar-refractivity contribution in [2.45, 2.75) is 55.4 Å². The number of nitrogens with zero attached hydrogens (tertiary/aromatic N) is 3. The van der Waals surface area contributed by atoms with E-state index in [2.05, 4.69) is 14.7 Å². The summed E-state index contributed by atoms with van der Waals surface area (Å²) in [5.41, 5.74) is 8.99. The molecule has 1 aliphatic rings. The van der Waals surface area contributed by atoms with E-state index in [1.807, 2.05) is 46.7 Å². The molecule has 23 heteroatoms. The fourth-order valence-electron chi connectivity index (χ4n) is 5.37. The van der Waals surface area contributed by atoms with E-state index in [-0.39, 0.29) is 34.1 Å². The number of carboxylic acid groups (broad SMARTS) is 1. The van der Waals surface area contributed by atoms with Crippen LogP contribution in [-0.2, 0) is 42.7 Å². The number of rotatable bonds is 10. The van der Waals surface area contributed by atoms with Crippen LogP contribution < -0.4 is 38.2 Å². The summed E-state index contributed by atoms with van der Waals surface area (Å²) in [6.07, 6.45) is -8.65. The Kier molecular flexibility index (Phi) is 16.7. The molecule has 0 saturated carbocycles. The molecule has 0 aliphatic carbocycles. The predicted octanol–water partition coefficient (Wildman–Crippen LogP) is -4.02. The van der Waals surface area contributed by atoms with E-state index in [9.17, 15) is 64.8 Å². The maximum Gasteiger partial charge on any atom is 2.00 e. The fraction of sp³-hybridized carbons (Fsp3) is 0.286. The Hall–Kier alpha value is -6.01. The first-order chi connectivity index (χ1) is 27.0. The molecule has 2 amide bonds. The van der Waals surface area contributed by atoms with Gasteiger partial charge in [0.2, 0.25) is 5.91 Å². The van der Waals surface area contributed by atoms with Gasteiger partial charge in [-0.3, -0.25) is 29.1 Å². The Bertz CT molecular complexity index is 2220. The molecule has 22 nitrogen and oxygen atoms in total. The number of nitrogens with one attached hydrogen (secondary N) is 2. The second-order valence-electron chi connectivity index (χ2n) is 12.2. The third-order valence-electron chi connectivity index (χ3n) is 8.31. The van der Waals surface area contributed by atoms with Crippen LogP contribution in [0.4, 0.5) is 4.79 Å². The molecule has 0 spiro atoms. The number of pyridine rings is 2. The minimum absolute atomic E-state index is 0. The van der Waals surface area contributed by atoms with Crippen LogP contribution in [0.1, 0.15) is 11.8 Å². The van der Waals surface area contributed by atoms with Crippen LogP contribution in [0.5, 0.6) is 11.5 Å². The number of aliphatic hydroxyl groups excluding tert-OH is 5. The molecule has 6 rings (SSSR count). The zero-order valence-corrected chi connectivity index (χ0v) is 30.6. The van der Waals surface area contributed by atoms with Crippen LogP contribution in [0.2, 0.25) is 0 Å². The number of aliphatic hydroxyl groups is 5. The molecule has 8 atom stereocenters. The van der Waals surface area contributed by atoms with Gasteiger partial charge >= 0.3 is 34.8 Å². The number of carbonyl (C=O) groups is 3. The number of hydrogen-bond acceptors (Lipinski definition) is 17. The van der Waals surface area contributed by atoms with Crippen molar-refractivity contribution in [1.82, 2.24) is 24.8 Å². The number of aromatic amines is 1. The van der Waals surface area contributed by atoms with Crippen LogP contribution in [0.25, 0.3) is 21.8 Å². The normalized spacial score (nSPS) is 19.1. The molecule has 1 aliphatic heterocycles. The van der Waals surface area contributed by atoms with Gasteiger partial charge in [0.15, 0.2) is 12.3 Å². The average Bonchev–Trinajstić information content (AvgIpc) is 3.48. The number of aromatic nitrogens is 4. The van der Waals surface area contributed by atoms with Crippen molar-refractivity contribution in [2.75, 3.05) is 6.61 Å². The number of fused-ring (bicyclic) bond motifs is 2. The number of carbonyl (C=O) groups excluding carboxylic acids is 2. The largest absolute Gasteiger partial charge is 2.00 e. The quantitative estimate of drug-likeness (QED) is 0.0598. The molecule has 313 valence electrons. The molecular weight excluding hydrogens is 822 g/mol. The van der Waals surface area contributed by atoms with E-state index in [1.54, 1.807) is 24.5 Å². The molecule has 12 N–H and O–H groups in total. The number of benzene rings is 2. The third kappa shape index (κ3) is 11.3. The van der Waals surface area contributed by atoms with Crippen molar-refractivity contribution in [3.8, 4) is 11.5 Å². The monoisotopic (exact) mass is 858 g/mol. The molecule has 1 saturated heterocycles. The van der Waals surface area contributed by atoms with Crippen molar-refractivity contribution in [3.05, 3.63) is 106 Å². The maximum absolute atomic E-state index is 12.4. The number of para-hydroxylation sites is 2. The van der Waals surface area contributed by atoms with E-state index in [4.69, 9.17) is 16.2 Å². The van der Waals surface area contributed by atoms with Crippen LogP contribution in [-0.4, -0.2) is 117 Å². The number of carboxylic acids is 1. The molecule has 0 bridgehead atoms. The second kappa shape index (κ2) is 20.9. The van der Waals surface area contributed by atoms with Crippen molar-refractivity contribution in [1.29, 1.82) is 0 Å². The smallest absolute Gasteiger partial charge is 0.871 e. The fourth-order valence-corrected chi connectivity index (χ4v) is 5.37. The Morgan fingerprint density at radius 1 is 0.931 bits per heavy atom. The first kappa shape index (κ1) is 46.4. The molecule has 2 aromatic carbocycles. The summed E-state index contributed by atoms with van der Waals surface area (Å²) in [6, 6.07) is 13.6. The number of H-pyrrole nitrogens is 1. The van der Waals surface area contributed by atoms with E-state index < -0.39 is 91.3 Å². The average molecular weight is 859 g/mol. The molecular formula is C35H37CuN7O15. The van der Waals surface area contributed by atoms with Crippen LogP contribution in [0.3, 0.4) is 0 Å². The summed E-state index contributed by atoms with van der Waals surface area (Å²) in [6.45, 7) is -1.63. The number of amides is 2. The number of aliphatic carboxylic acids is 1. The minimum atomic E-state index is -2.09. The summed E-state index contributed by atoms with van der Waals surface area (Å²) >= 11 is 0. The van der Waals surface area contributed by atoms with Gasteiger partial charge in [0.25, 0.3) is 5.56 Å². The van der Waals surface area contributed by atoms with E-state index >= 15 is 0 Å². The molecule has 0 unspecified atom stereocenters. The van der Waals surface area contributed by atoms with Gasteiger partial charge in [0, 0.05) is 18.6 Å². The second-order valence-corrected chi connectivity index (χ2v) is 12.2. The Balaban J connectivity index is 0.000000311. The summed E-state index contributed by atoms with van der Waals surface area (Å²) in [5, 5.41) is 85.0. The van der Waals surface area contributed by atoms with E-state index in [0.29, 0.717) is 15.6 Å². The van der Waals surface area contributed by atoms with Gasteiger partial charge in [-0.1, -0.05) is 60.0 Å². The zero-order chi connectivity index (χ0) is 42.0. The topological polar surface area (TPSA) is 382 Å². The van der Waals surface area contributed by atoms with Gasteiger partial charge in [-0.25, -0.2) is 14.4 Å². The standard InChI is InChI=1S/C17H25N5O13.2C9H7NO.Cu/c18-6(8(25)5(24)3-34-16(19)32)13(29)20-7(15(30)31)11-9(26)10(27)14(35-11)22-1-4(2-23)12(28)21-17(22)33;2*11-8-5-1-3-7-4-2-6-10-9(7)8;/h1,5-11,14,23-27H,2-3,18H2,(H2,19,32)(H,20,29)(H,30,31)(H,21,28,33);2*1-6,11H;/q;;;+2/p-2/t5-,6-,7-,8+,9-,10+,11+,14+;;;/m0.../s1. The van der Waals surface area contributed by atoms with Gasteiger partial charge < -0.3 is 67.1 Å². The molecule has 3 aromatic heterocycles. The van der Waals surface area contributed by atoms with E-state index in [0.717, 1.165) is 17.0 Å². The van der Waals surface area contributed by atoms with Crippen molar-refractivity contribution < 1.29 is 81.8 Å². The van der Waals surface area contributed by atoms with Crippen LogP contribution >= 0.6 is 0 Å². The summed E-state index contributed by atoms with van der Waals surface area (Å²) in [7, 11) is 0. The van der Waals surface area contributed by atoms with Crippen LogP contribution in [0, 0.1) is 0 Å². The molecule has 1 fully saturated rings. The molecule has 5 aromatic rings. The number of nitrogens with two attached hydrogens (primary N) is 2. The van der Waals surface area contributed by atoms with Crippen molar-refractivity contribution >= 4 is 39.8 Å². The predicted molar refractivity (Wildman–Crippen MR) is 191 cm³/mol. The summed E-state index contributed by atoms with van der Waals surface area (Å²) < 4.78 is 10.2. The Labute approximate surface area is 336 Å². The van der Waals surface area contributed by atoms with Crippen molar-refractivity contribution in [3.63, 3.8) is 0 Å². The minimum Gasteiger partial charge on any atom is -0.871 e. The zero-order valence-electron chi connectivity index (χ0n) is 29.7. The van der Waals surface area contributed by atoms with Gasteiger partial charge in [-0.2, -0.15) is 0 Å². The summed E-state index contributed by atoms with van der Waals surface area (Å²) in [5.74, 6) is -3.15. The van der Waals surface area contributed by atoms with Gasteiger partial charge in [0.1, 0.15) is 43.2 Å². The first-order valence-corrected chi connectivity index (χ1v) is 16.6. The third-order valence-corrected chi connectivity index (χ3v) is 8.31. The Morgan fingerprint density at radius 3 is 1.95 bits per heavy atom. The number of hydrogen-bond donors (Lipinski definition) is 10. The first-order valence-electron chi connectivity index (χ1n) is 16.6. The van der Waals surface area contributed by atoms with Gasteiger partial charge in [0.05, 0.1) is 23.2 Å². The van der Waals surface area contributed by atoms with Crippen molar-refractivity contribution in [2.24, 2.45) is 11.5 Å². The summed E-state index contributed by atoms with van der Waals surface area (Å²) in [4.78, 5) is 68.3. The van der Waals surface area contributed by atoms with E-state index in [1.165, 1.54) is 12.1 Å². The van der Waals surface area contributed by atoms with Gasteiger partial charge in [-0.05, 0) is 22.9 Å². The SMILES string of the molecule is NC(=O)OC[C@H](O)[C@@H](O)[C@H](N)C(=O)N[C@H](C(=O)O)[C@H]1O[C@@H](n2cc(CO)c(=O)[nH]c2=O)[C@H](O)[C@@H]1O.[Cu+2].[O-]c1cccc2cccnc12.[O-]c1cccc2cccnc12. The van der Waals surface area contributed by atoms with Gasteiger partial charge in [-0.15, -0.1) is 0 Å². The molecule has 1 radical (unpaired) electrons. The number of ether oxygens (including phenoxy) is 2. The maximum atomic E-state index is 12.4. The number of primary amides is 1. The molecule has 4 heterocycles. The molecule has 58 heavy (non-hydrogen) atoms. The Morgan fingerprint density at radius 2 is 1.47 bits per heavy atom. The van der Waals surface area contributed by atoms with Crippen LogP contribution in [0.15, 0.2) is 88.8 Å².